The summed E-state index contributed by atoms with van der Waals surface area (Å²) in [5, 5.41) is 11.6. The summed E-state index contributed by atoms with van der Waals surface area (Å²) in [7, 11) is 1.34. The van der Waals surface area contributed by atoms with E-state index in [2.05, 4.69) is 6.92 Å². The Kier molecular flexibility index (Phi) is 7.66. The van der Waals surface area contributed by atoms with Gasteiger partial charge in [-0.3, -0.25) is 19.7 Å². The smallest absolute Gasteiger partial charge is 0.338 e. The number of esters is 2. The van der Waals surface area contributed by atoms with E-state index in [1.165, 1.54) is 24.1 Å². The Morgan fingerprint density at radius 1 is 1.09 bits per heavy atom. The van der Waals surface area contributed by atoms with Crippen LogP contribution in [0.3, 0.4) is 0 Å². The first-order valence-corrected chi connectivity index (χ1v) is 10.9. The maximum atomic E-state index is 12.4. The van der Waals surface area contributed by atoms with Crippen LogP contribution in [0.5, 0.6) is 0 Å². The number of carbonyl (C=O) groups excluding carboxylic acids is 3. The normalized spacial score (nSPS) is 17.7. The average molecular weight is 447 g/mol. The van der Waals surface area contributed by atoms with E-state index in [9.17, 15) is 24.5 Å². The summed E-state index contributed by atoms with van der Waals surface area (Å²) in [6.07, 6.45) is 2.91. The number of piperidine rings is 2. The molecule has 0 N–H and O–H groups in total. The Hall–Kier alpha value is -3.17. The van der Waals surface area contributed by atoms with Crippen LogP contribution in [0.2, 0.25) is 0 Å². The molecule has 10 heteroatoms. The van der Waals surface area contributed by atoms with Crippen molar-refractivity contribution in [3.8, 4) is 0 Å². The molecule has 2 heterocycles. The largest absolute Gasteiger partial charge is 0.469 e. The van der Waals surface area contributed by atoms with Gasteiger partial charge < -0.3 is 19.3 Å². The predicted molar refractivity (Wildman–Crippen MR) is 115 cm³/mol. The highest BCUT2D eigenvalue weighted by Crippen LogP contribution is 2.32. The number of hydrogen-bond donors (Lipinski definition) is 0. The lowest BCUT2D eigenvalue weighted by molar-refractivity contribution is -0.384. The van der Waals surface area contributed by atoms with Crippen LogP contribution in [-0.2, 0) is 19.1 Å². The van der Waals surface area contributed by atoms with E-state index in [0.29, 0.717) is 37.5 Å². The lowest BCUT2D eigenvalue weighted by Crippen LogP contribution is -2.42. The molecular formula is C22H29N3O7. The van der Waals surface area contributed by atoms with Crippen molar-refractivity contribution in [2.24, 2.45) is 11.8 Å². The zero-order valence-corrected chi connectivity index (χ0v) is 18.5. The van der Waals surface area contributed by atoms with E-state index in [-0.39, 0.29) is 29.0 Å². The third-order valence-electron chi connectivity index (χ3n) is 6.24. The number of likely N-dealkylation sites (tertiary alicyclic amines) is 1. The molecule has 2 aliphatic rings. The van der Waals surface area contributed by atoms with Gasteiger partial charge >= 0.3 is 11.9 Å². The van der Waals surface area contributed by atoms with Gasteiger partial charge in [0.05, 0.1) is 23.5 Å². The Bertz CT molecular complexity index is 872. The monoisotopic (exact) mass is 447 g/mol. The van der Waals surface area contributed by atoms with E-state index >= 15 is 0 Å². The van der Waals surface area contributed by atoms with Crippen LogP contribution >= 0.6 is 0 Å². The van der Waals surface area contributed by atoms with Gasteiger partial charge in [-0.05, 0) is 43.7 Å². The molecule has 2 aliphatic heterocycles. The lowest BCUT2D eigenvalue weighted by Gasteiger charge is -2.31. The van der Waals surface area contributed by atoms with Crippen molar-refractivity contribution in [2.75, 3.05) is 44.8 Å². The molecule has 0 radical (unpaired) electrons. The summed E-state index contributed by atoms with van der Waals surface area (Å²) in [4.78, 5) is 51.0. The summed E-state index contributed by atoms with van der Waals surface area (Å²) >= 11 is 0. The van der Waals surface area contributed by atoms with Gasteiger partial charge in [-0.2, -0.15) is 0 Å². The van der Waals surface area contributed by atoms with E-state index in [4.69, 9.17) is 9.47 Å². The highest BCUT2D eigenvalue weighted by molar-refractivity contribution is 5.93. The second kappa shape index (κ2) is 10.4. The molecule has 1 amide bonds. The second-order valence-corrected chi connectivity index (χ2v) is 8.38. The third kappa shape index (κ3) is 5.54. The fraction of sp³-hybridized carbons (Fsp3) is 0.591. The number of ether oxygens (including phenoxy) is 2. The lowest BCUT2D eigenvalue weighted by atomic mass is 9.97. The topological polar surface area (TPSA) is 119 Å². The summed E-state index contributed by atoms with van der Waals surface area (Å²) in [5.41, 5.74) is 0.372. The highest BCUT2D eigenvalue weighted by Gasteiger charge is 2.29. The minimum Gasteiger partial charge on any atom is -0.469 e. The number of nitrogens with zero attached hydrogens (tertiary/aromatic N) is 3. The van der Waals surface area contributed by atoms with Crippen LogP contribution in [0, 0.1) is 22.0 Å². The average Bonchev–Trinajstić information content (AvgIpc) is 2.82. The maximum Gasteiger partial charge on any atom is 0.338 e. The summed E-state index contributed by atoms with van der Waals surface area (Å²) in [6, 6.07) is 4.28. The molecule has 2 fully saturated rings. The molecule has 0 bridgehead atoms. The minimum absolute atomic E-state index is 0.0306. The van der Waals surface area contributed by atoms with Gasteiger partial charge in [-0.1, -0.05) is 6.92 Å². The number of carbonyl (C=O) groups is 3. The second-order valence-electron chi connectivity index (χ2n) is 8.38. The SMILES string of the molecule is COC(=O)C1CCN(C(=O)COC(=O)c2ccc(N3CCC(C)CC3)c([N+](=O)[O-])c2)CC1. The molecule has 32 heavy (non-hydrogen) atoms. The number of rotatable bonds is 6. The molecule has 1 aromatic rings. The van der Waals surface area contributed by atoms with Crippen molar-refractivity contribution in [3.63, 3.8) is 0 Å². The molecule has 1 aromatic carbocycles. The fourth-order valence-corrected chi connectivity index (χ4v) is 4.15. The van der Waals surface area contributed by atoms with Gasteiger partial charge in [-0.15, -0.1) is 0 Å². The standard InChI is InChI=1S/C22H29N3O7/c1-15-5-9-23(10-6-15)18-4-3-17(13-19(18)25(29)30)22(28)32-14-20(26)24-11-7-16(8-12-24)21(27)31-2/h3-4,13,15-16H,5-12,14H2,1-2H3. The number of amides is 1. The van der Waals surface area contributed by atoms with Crippen LogP contribution in [0.4, 0.5) is 11.4 Å². The van der Waals surface area contributed by atoms with Gasteiger partial charge in [0.15, 0.2) is 6.61 Å². The molecular weight excluding hydrogens is 418 g/mol. The molecule has 174 valence electrons. The van der Waals surface area contributed by atoms with Gasteiger partial charge in [0.1, 0.15) is 5.69 Å². The van der Waals surface area contributed by atoms with Crippen molar-refractivity contribution in [1.29, 1.82) is 0 Å². The zero-order chi connectivity index (χ0) is 23.3. The van der Waals surface area contributed by atoms with Gasteiger partial charge in [-0.25, -0.2) is 4.79 Å². The molecule has 2 saturated heterocycles. The summed E-state index contributed by atoms with van der Waals surface area (Å²) < 4.78 is 9.84. The van der Waals surface area contributed by atoms with Crippen molar-refractivity contribution in [3.05, 3.63) is 33.9 Å². The molecule has 0 aromatic heterocycles. The van der Waals surface area contributed by atoms with Crippen LogP contribution in [0.1, 0.15) is 43.0 Å². The quantitative estimate of drug-likeness (QED) is 0.370. The molecule has 10 nitrogen and oxygen atoms in total. The van der Waals surface area contributed by atoms with Crippen LogP contribution < -0.4 is 4.90 Å². The van der Waals surface area contributed by atoms with Crippen molar-refractivity contribution >= 4 is 29.2 Å². The van der Waals surface area contributed by atoms with Crippen molar-refractivity contribution in [2.45, 2.75) is 32.6 Å². The molecule has 0 unspecified atom stereocenters. The Morgan fingerprint density at radius 3 is 2.34 bits per heavy atom. The van der Waals surface area contributed by atoms with Crippen LogP contribution in [-0.4, -0.2) is 67.6 Å². The maximum absolute atomic E-state index is 12.4. The first-order chi connectivity index (χ1) is 15.3. The number of nitro benzene ring substituents is 1. The van der Waals surface area contributed by atoms with Gasteiger partial charge in [0.2, 0.25) is 0 Å². The summed E-state index contributed by atoms with van der Waals surface area (Å²) in [6.45, 7) is 3.92. The first kappa shape index (κ1) is 23.5. The first-order valence-electron chi connectivity index (χ1n) is 10.9. The fourth-order valence-electron chi connectivity index (χ4n) is 4.15. The highest BCUT2D eigenvalue weighted by atomic mass is 16.6. The zero-order valence-electron chi connectivity index (χ0n) is 18.5. The van der Waals surface area contributed by atoms with Crippen molar-refractivity contribution < 1.29 is 28.8 Å². The minimum atomic E-state index is -0.787. The molecule has 0 saturated carbocycles. The van der Waals surface area contributed by atoms with Gasteiger partial charge in [0, 0.05) is 32.2 Å². The molecule has 3 rings (SSSR count). The van der Waals surface area contributed by atoms with Crippen molar-refractivity contribution in [1.82, 2.24) is 4.90 Å². The molecule has 0 spiro atoms. The van der Waals surface area contributed by atoms with E-state index in [1.54, 1.807) is 6.07 Å². The van der Waals surface area contributed by atoms with E-state index in [1.807, 2.05) is 4.90 Å². The van der Waals surface area contributed by atoms with E-state index in [0.717, 1.165) is 25.9 Å². The van der Waals surface area contributed by atoms with Crippen LogP contribution in [0.25, 0.3) is 0 Å². The number of benzene rings is 1. The van der Waals surface area contributed by atoms with Gasteiger partial charge in [0.25, 0.3) is 11.6 Å². The number of anilines is 1. The summed E-state index contributed by atoms with van der Waals surface area (Å²) in [5.74, 6) is -1.08. The Labute approximate surface area is 186 Å². The van der Waals surface area contributed by atoms with E-state index < -0.39 is 17.5 Å². The molecule has 0 aliphatic carbocycles. The Morgan fingerprint density at radius 2 is 1.75 bits per heavy atom. The van der Waals surface area contributed by atoms with Crippen LogP contribution in [0.15, 0.2) is 18.2 Å². The Balaban J connectivity index is 1.58. The number of hydrogen-bond acceptors (Lipinski definition) is 8. The number of methoxy groups -OCH3 is 1. The third-order valence-corrected chi connectivity index (χ3v) is 6.24. The molecule has 0 atom stereocenters. The number of nitro groups is 1. The predicted octanol–water partition coefficient (Wildman–Crippen LogP) is 2.40.